The second-order valence-corrected chi connectivity index (χ2v) is 4.76. The number of rotatable bonds is 3. The summed E-state index contributed by atoms with van der Waals surface area (Å²) in [5, 5.41) is 9.53. The minimum Gasteiger partial charge on any atom is -0.481 e. The van der Waals surface area contributed by atoms with Crippen molar-refractivity contribution >= 4 is 29.2 Å². The Morgan fingerprint density at radius 2 is 1.89 bits per heavy atom. The molecule has 19 heavy (non-hydrogen) atoms. The molecule has 0 amide bonds. The molecule has 0 spiro atoms. The number of pyridine rings is 1. The first-order valence-electron chi connectivity index (χ1n) is 5.37. The third-order valence-corrected chi connectivity index (χ3v) is 3.09. The van der Waals surface area contributed by atoms with E-state index in [-0.39, 0.29) is 6.42 Å². The van der Waals surface area contributed by atoms with Crippen LogP contribution in [0.2, 0.25) is 10.0 Å². The summed E-state index contributed by atoms with van der Waals surface area (Å²) in [6.45, 7) is 0. The average Bonchev–Trinajstić information content (AvgIpc) is 2.32. The van der Waals surface area contributed by atoms with Gasteiger partial charge in [0.25, 0.3) is 5.56 Å². The molecule has 0 aliphatic rings. The van der Waals surface area contributed by atoms with Crippen LogP contribution in [0.4, 0.5) is 0 Å². The van der Waals surface area contributed by atoms with Crippen LogP contribution in [0.3, 0.4) is 0 Å². The number of aromatic nitrogens is 1. The summed E-state index contributed by atoms with van der Waals surface area (Å²) in [4.78, 5) is 25.0. The quantitative estimate of drug-likeness (QED) is 0.915. The van der Waals surface area contributed by atoms with Crippen molar-refractivity contribution in [3.05, 3.63) is 56.4 Å². The van der Waals surface area contributed by atoms with Crippen molar-refractivity contribution in [1.29, 1.82) is 0 Å². The normalized spacial score (nSPS) is 10.4. The number of carboxylic acids is 1. The lowest BCUT2D eigenvalue weighted by Gasteiger charge is -2.05. The largest absolute Gasteiger partial charge is 0.481 e. The second-order valence-electron chi connectivity index (χ2n) is 3.92. The van der Waals surface area contributed by atoms with Crippen molar-refractivity contribution in [2.75, 3.05) is 0 Å². The minimum absolute atomic E-state index is 0.237. The first-order chi connectivity index (χ1) is 8.97. The fourth-order valence-corrected chi connectivity index (χ4v) is 2.09. The smallest absolute Gasteiger partial charge is 0.309 e. The molecule has 6 heteroatoms. The van der Waals surface area contributed by atoms with Crippen LogP contribution in [0.25, 0.3) is 11.1 Å². The second kappa shape index (κ2) is 5.47. The standard InChI is InChI=1S/C13H9Cl2NO3/c14-7-1-4-11(15)10(5-7)9-3-2-8(6-12(17)18)16-13(9)19/h1-5H,6H2,(H,16,19)(H,17,18). The van der Waals surface area contributed by atoms with Gasteiger partial charge in [-0.05, 0) is 30.3 Å². The van der Waals surface area contributed by atoms with Crippen LogP contribution >= 0.6 is 23.2 Å². The molecule has 0 atom stereocenters. The number of aromatic amines is 1. The van der Waals surface area contributed by atoms with Crippen molar-refractivity contribution < 1.29 is 9.90 Å². The predicted molar refractivity (Wildman–Crippen MR) is 73.9 cm³/mol. The van der Waals surface area contributed by atoms with Gasteiger partial charge in [-0.25, -0.2) is 0 Å². The van der Waals surface area contributed by atoms with E-state index in [0.717, 1.165) is 0 Å². The maximum Gasteiger partial charge on any atom is 0.309 e. The molecule has 0 bridgehead atoms. The predicted octanol–water partition coefficient (Wildman–Crippen LogP) is 2.98. The van der Waals surface area contributed by atoms with E-state index in [4.69, 9.17) is 28.3 Å². The molecule has 1 heterocycles. The fraction of sp³-hybridized carbons (Fsp3) is 0.0769. The zero-order valence-electron chi connectivity index (χ0n) is 9.61. The summed E-state index contributed by atoms with van der Waals surface area (Å²) in [7, 11) is 0. The van der Waals surface area contributed by atoms with E-state index in [0.29, 0.717) is 26.9 Å². The van der Waals surface area contributed by atoms with Crippen LogP contribution in [-0.4, -0.2) is 16.1 Å². The molecule has 0 aliphatic heterocycles. The number of H-pyrrole nitrogens is 1. The van der Waals surface area contributed by atoms with Gasteiger partial charge in [0.1, 0.15) is 0 Å². The Labute approximate surface area is 118 Å². The molecule has 2 rings (SSSR count). The third kappa shape index (κ3) is 3.16. The lowest BCUT2D eigenvalue weighted by atomic mass is 10.1. The molecule has 1 aromatic heterocycles. The van der Waals surface area contributed by atoms with Gasteiger partial charge in [0.05, 0.1) is 6.42 Å². The van der Waals surface area contributed by atoms with Crippen molar-refractivity contribution in [2.45, 2.75) is 6.42 Å². The van der Waals surface area contributed by atoms with E-state index in [1.807, 2.05) is 0 Å². The van der Waals surface area contributed by atoms with Gasteiger partial charge in [-0.15, -0.1) is 0 Å². The van der Waals surface area contributed by atoms with Crippen LogP contribution in [0.1, 0.15) is 5.69 Å². The number of carbonyl (C=O) groups is 1. The molecule has 2 N–H and O–H groups in total. The molecule has 2 aromatic rings. The highest BCUT2D eigenvalue weighted by Gasteiger charge is 2.10. The molecule has 1 aromatic carbocycles. The first kappa shape index (κ1) is 13.6. The van der Waals surface area contributed by atoms with E-state index >= 15 is 0 Å². The van der Waals surface area contributed by atoms with Crippen molar-refractivity contribution in [1.82, 2.24) is 4.98 Å². The number of halogens is 2. The van der Waals surface area contributed by atoms with Gasteiger partial charge in [0, 0.05) is 26.9 Å². The van der Waals surface area contributed by atoms with Crippen molar-refractivity contribution in [3.8, 4) is 11.1 Å². The van der Waals surface area contributed by atoms with Gasteiger partial charge in [-0.1, -0.05) is 23.2 Å². The lowest BCUT2D eigenvalue weighted by Crippen LogP contribution is -2.13. The van der Waals surface area contributed by atoms with Gasteiger partial charge >= 0.3 is 5.97 Å². The van der Waals surface area contributed by atoms with Crippen molar-refractivity contribution in [2.24, 2.45) is 0 Å². The molecular weight excluding hydrogens is 289 g/mol. The molecule has 0 radical (unpaired) electrons. The Morgan fingerprint density at radius 1 is 1.16 bits per heavy atom. The van der Waals surface area contributed by atoms with Gasteiger partial charge in [-0.2, -0.15) is 0 Å². The Bertz CT molecular complexity index is 695. The average molecular weight is 298 g/mol. The number of nitrogens with one attached hydrogen (secondary N) is 1. The minimum atomic E-state index is -1.01. The highest BCUT2D eigenvalue weighted by molar-refractivity contribution is 6.35. The lowest BCUT2D eigenvalue weighted by molar-refractivity contribution is -0.136. The zero-order valence-corrected chi connectivity index (χ0v) is 11.1. The number of benzene rings is 1. The van der Waals surface area contributed by atoms with E-state index < -0.39 is 11.5 Å². The fourth-order valence-electron chi connectivity index (χ4n) is 1.70. The molecule has 0 fully saturated rings. The van der Waals surface area contributed by atoms with E-state index in [1.54, 1.807) is 24.3 Å². The van der Waals surface area contributed by atoms with Gasteiger partial charge < -0.3 is 10.1 Å². The molecular formula is C13H9Cl2NO3. The van der Waals surface area contributed by atoms with Gasteiger partial charge in [0.2, 0.25) is 0 Å². The summed E-state index contributed by atoms with van der Waals surface area (Å²) in [5.41, 5.74) is 0.793. The molecule has 98 valence electrons. The maximum atomic E-state index is 11.9. The molecule has 0 aliphatic carbocycles. The highest BCUT2D eigenvalue weighted by Crippen LogP contribution is 2.28. The Morgan fingerprint density at radius 3 is 2.53 bits per heavy atom. The van der Waals surface area contributed by atoms with E-state index in [9.17, 15) is 9.59 Å². The summed E-state index contributed by atoms with van der Waals surface area (Å²) in [6, 6.07) is 7.90. The maximum absolute atomic E-state index is 11.9. The molecule has 0 saturated heterocycles. The number of hydrogen-bond acceptors (Lipinski definition) is 2. The Balaban J connectivity index is 2.49. The highest BCUT2D eigenvalue weighted by atomic mass is 35.5. The molecule has 0 saturated carbocycles. The number of carboxylic acid groups (broad SMARTS) is 1. The van der Waals surface area contributed by atoms with Gasteiger partial charge in [0.15, 0.2) is 0 Å². The van der Waals surface area contributed by atoms with E-state index in [1.165, 1.54) is 6.07 Å². The van der Waals surface area contributed by atoms with Crippen LogP contribution < -0.4 is 5.56 Å². The van der Waals surface area contributed by atoms with E-state index in [2.05, 4.69) is 4.98 Å². The summed E-state index contributed by atoms with van der Waals surface area (Å²) < 4.78 is 0. The van der Waals surface area contributed by atoms with Crippen LogP contribution in [0, 0.1) is 0 Å². The summed E-state index contributed by atoms with van der Waals surface area (Å²) >= 11 is 11.9. The summed E-state index contributed by atoms with van der Waals surface area (Å²) in [5.74, 6) is -1.01. The third-order valence-electron chi connectivity index (χ3n) is 2.53. The van der Waals surface area contributed by atoms with Crippen LogP contribution in [0.5, 0.6) is 0 Å². The Kier molecular flexibility index (Phi) is 3.93. The first-order valence-corrected chi connectivity index (χ1v) is 6.12. The summed E-state index contributed by atoms with van der Waals surface area (Å²) in [6.07, 6.45) is -0.237. The molecule has 4 nitrogen and oxygen atoms in total. The van der Waals surface area contributed by atoms with Crippen molar-refractivity contribution in [3.63, 3.8) is 0 Å². The zero-order chi connectivity index (χ0) is 14.0. The Hall–Kier alpha value is -1.78. The monoisotopic (exact) mass is 297 g/mol. The number of hydrogen-bond donors (Lipinski definition) is 2. The van der Waals surface area contributed by atoms with Crippen LogP contribution in [0.15, 0.2) is 35.1 Å². The van der Waals surface area contributed by atoms with Gasteiger partial charge in [-0.3, -0.25) is 9.59 Å². The SMILES string of the molecule is O=C(O)Cc1ccc(-c2cc(Cl)ccc2Cl)c(=O)[nH]1. The topological polar surface area (TPSA) is 70.2 Å². The molecule has 0 unspecified atom stereocenters. The number of aliphatic carboxylic acids is 1. The van der Waals surface area contributed by atoms with Crippen LogP contribution in [-0.2, 0) is 11.2 Å².